The van der Waals surface area contributed by atoms with Crippen LogP contribution in [0.25, 0.3) is 11.5 Å². The summed E-state index contributed by atoms with van der Waals surface area (Å²) in [6.45, 7) is 1.94. The van der Waals surface area contributed by atoms with Crippen molar-refractivity contribution in [1.82, 2.24) is 10.1 Å². The Morgan fingerprint density at radius 1 is 1.15 bits per heavy atom. The molecule has 1 aromatic heterocycles. The number of benzene rings is 1. The predicted molar refractivity (Wildman–Crippen MR) is 76.6 cm³/mol. The number of hydrogen-bond donors (Lipinski definition) is 1. The zero-order valence-corrected chi connectivity index (χ0v) is 11.8. The highest BCUT2D eigenvalue weighted by Gasteiger charge is 2.21. The number of phenols is 1. The summed E-state index contributed by atoms with van der Waals surface area (Å²) in [6, 6.07) is 5.48. The van der Waals surface area contributed by atoms with E-state index in [1.165, 1.54) is 25.7 Å². The van der Waals surface area contributed by atoms with E-state index in [1.54, 1.807) is 6.07 Å². The van der Waals surface area contributed by atoms with E-state index in [0.29, 0.717) is 17.4 Å². The van der Waals surface area contributed by atoms with Crippen LogP contribution >= 0.6 is 0 Å². The van der Waals surface area contributed by atoms with Crippen LogP contribution in [0.3, 0.4) is 0 Å². The average Bonchev–Trinajstić information content (AvgIpc) is 2.74. The zero-order valence-electron chi connectivity index (χ0n) is 11.8. The number of phenolic OH excluding ortho intramolecular Hbond substituents is 1. The van der Waals surface area contributed by atoms with Gasteiger partial charge in [0.2, 0.25) is 0 Å². The molecule has 4 nitrogen and oxygen atoms in total. The largest absolute Gasteiger partial charge is 0.507 e. The van der Waals surface area contributed by atoms with E-state index in [0.717, 1.165) is 24.2 Å². The first-order chi connectivity index (χ1) is 9.74. The van der Waals surface area contributed by atoms with Crippen molar-refractivity contribution in [3.8, 4) is 17.2 Å². The second-order valence-electron chi connectivity index (χ2n) is 5.67. The van der Waals surface area contributed by atoms with Crippen LogP contribution in [0.4, 0.5) is 0 Å². The molecular formula is C16H20N2O2. The number of hydrogen-bond acceptors (Lipinski definition) is 4. The smallest absolute Gasteiger partial charge is 0.261 e. The minimum atomic E-state index is 0.195. The molecule has 1 fully saturated rings. The number of nitrogens with zero attached hydrogens (tertiary/aromatic N) is 2. The van der Waals surface area contributed by atoms with Gasteiger partial charge < -0.3 is 9.63 Å². The maximum atomic E-state index is 9.98. The summed E-state index contributed by atoms with van der Waals surface area (Å²) in [6.07, 6.45) is 7.37. The summed E-state index contributed by atoms with van der Waals surface area (Å²) < 4.78 is 5.34. The quantitative estimate of drug-likeness (QED) is 0.833. The summed E-state index contributed by atoms with van der Waals surface area (Å²) in [7, 11) is 0. The molecule has 0 saturated heterocycles. The van der Waals surface area contributed by atoms with Crippen LogP contribution in [0.1, 0.15) is 55.8 Å². The van der Waals surface area contributed by atoms with Gasteiger partial charge in [-0.25, -0.2) is 0 Å². The van der Waals surface area contributed by atoms with E-state index < -0.39 is 0 Å². The third-order valence-corrected chi connectivity index (χ3v) is 4.05. The molecule has 20 heavy (non-hydrogen) atoms. The van der Waals surface area contributed by atoms with Gasteiger partial charge in [0.05, 0.1) is 5.56 Å². The topological polar surface area (TPSA) is 59.2 Å². The Morgan fingerprint density at radius 2 is 1.90 bits per heavy atom. The first-order valence-electron chi connectivity index (χ1n) is 7.37. The molecule has 1 N–H and O–H groups in total. The van der Waals surface area contributed by atoms with Crippen molar-refractivity contribution < 1.29 is 9.63 Å². The molecule has 0 spiro atoms. The van der Waals surface area contributed by atoms with E-state index >= 15 is 0 Å². The highest BCUT2D eigenvalue weighted by molar-refractivity contribution is 5.62. The average molecular weight is 272 g/mol. The molecule has 1 aliphatic carbocycles. The van der Waals surface area contributed by atoms with Crippen molar-refractivity contribution in [3.63, 3.8) is 0 Å². The van der Waals surface area contributed by atoms with Crippen molar-refractivity contribution in [2.24, 2.45) is 0 Å². The molecule has 1 aromatic carbocycles. The molecule has 0 aliphatic heterocycles. The summed E-state index contributed by atoms with van der Waals surface area (Å²) in [5, 5.41) is 14.1. The first-order valence-corrected chi connectivity index (χ1v) is 7.37. The molecule has 0 unspecified atom stereocenters. The van der Waals surface area contributed by atoms with Gasteiger partial charge in [-0.05, 0) is 37.5 Å². The van der Waals surface area contributed by atoms with Crippen molar-refractivity contribution in [1.29, 1.82) is 0 Å². The molecule has 1 saturated carbocycles. The van der Waals surface area contributed by atoms with E-state index in [-0.39, 0.29) is 5.75 Å². The maximum absolute atomic E-state index is 9.98. The third kappa shape index (κ3) is 2.69. The monoisotopic (exact) mass is 272 g/mol. The van der Waals surface area contributed by atoms with E-state index in [9.17, 15) is 5.11 Å². The van der Waals surface area contributed by atoms with Crippen molar-refractivity contribution in [2.45, 2.75) is 51.4 Å². The van der Waals surface area contributed by atoms with Gasteiger partial charge in [0.25, 0.3) is 5.89 Å². The fraction of sp³-hybridized carbons (Fsp3) is 0.500. The molecule has 0 amide bonds. The molecule has 4 heteroatoms. The lowest BCUT2D eigenvalue weighted by Gasteiger charge is -2.07. The Labute approximate surface area is 118 Å². The van der Waals surface area contributed by atoms with Gasteiger partial charge in [0.15, 0.2) is 5.82 Å². The Morgan fingerprint density at radius 3 is 2.60 bits per heavy atom. The minimum absolute atomic E-state index is 0.195. The molecular weight excluding hydrogens is 252 g/mol. The SMILES string of the molecule is Cc1ccc(-c2nc(C3CCCCCC3)no2)c(O)c1. The Hall–Kier alpha value is -1.84. The molecule has 3 rings (SSSR count). The summed E-state index contributed by atoms with van der Waals surface area (Å²) in [4.78, 5) is 4.50. The molecule has 0 radical (unpaired) electrons. The molecule has 0 bridgehead atoms. The second kappa shape index (κ2) is 5.65. The summed E-state index contributed by atoms with van der Waals surface area (Å²) in [5.41, 5.74) is 1.62. The maximum Gasteiger partial charge on any atom is 0.261 e. The number of rotatable bonds is 2. The van der Waals surface area contributed by atoms with Crippen molar-refractivity contribution in [3.05, 3.63) is 29.6 Å². The van der Waals surface area contributed by atoms with Gasteiger partial charge in [-0.2, -0.15) is 4.98 Å². The van der Waals surface area contributed by atoms with Gasteiger partial charge >= 0.3 is 0 Å². The first kappa shape index (κ1) is 13.2. The van der Waals surface area contributed by atoms with E-state index in [4.69, 9.17) is 4.52 Å². The lowest BCUT2D eigenvalue weighted by atomic mass is 10.00. The normalized spacial score (nSPS) is 17.1. The van der Waals surface area contributed by atoms with Crippen molar-refractivity contribution >= 4 is 0 Å². The van der Waals surface area contributed by atoms with E-state index in [2.05, 4.69) is 10.1 Å². The van der Waals surface area contributed by atoms with Gasteiger partial charge in [-0.15, -0.1) is 0 Å². The molecule has 1 aliphatic rings. The highest BCUT2D eigenvalue weighted by atomic mass is 16.5. The fourth-order valence-electron chi connectivity index (χ4n) is 2.87. The number of aromatic nitrogens is 2. The Kier molecular flexibility index (Phi) is 3.72. The van der Waals surface area contributed by atoms with Gasteiger partial charge in [0.1, 0.15) is 5.75 Å². The van der Waals surface area contributed by atoms with Gasteiger partial charge in [-0.3, -0.25) is 0 Å². The zero-order chi connectivity index (χ0) is 13.9. The molecule has 2 aromatic rings. The van der Waals surface area contributed by atoms with Crippen LogP contribution in [-0.4, -0.2) is 15.2 Å². The third-order valence-electron chi connectivity index (χ3n) is 4.05. The molecule has 106 valence electrons. The molecule has 0 atom stereocenters. The minimum Gasteiger partial charge on any atom is -0.507 e. The van der Waals surface area contributed by atoms with Crippen LogP contribution in [0.15, 0.2) is 22.7 Å². The summed E-state index contributed by atoms with van der Waals surface area (Å²) >= 11 is 0. The standard InChI is InChI=1S/C16H20N2O2/c1-11-8-9-13(14(19)10-11)16-17-15(18-20-16)12-6-4-2-3-5-7-12/h8-10,12,19H,2-7H2,1H3. The van der Waals surface area contributed by atoms with Gasteiger partial charge in [-0.1, -0.05) is 36.9 Å². The highest BCUT2D eigenvalue weighted by Crippen LogP contribution is 2.33. The van der Waals surface area contributed by atoms with Crippen LogP contribution in [0.5, 0.6) is 5.75 Å². The van der Waals surface area contributed by atoms with Crippen LogP contribution < -0.4 is 0 Å². The van der Waals surface area contributed by atoms with Crippen LogP contribution in [0.2, 0.25) is 0 Å². The lowest BCUT2D eigenvalue weighted by Crippen LogP contribution is -1.99. The second-order valence-corrected chi connectivity index (χ2v) is 5.67. The Bertz CT molecular complexity index is 584. The molecule has 1 heterocycles. The van der Waals surface area contributed by atoms with Crippen LogP contribution in [0, 0.1) is 6.92 Å². The summed E-state index contributed by atoms with van der Waals surface area (Å²) in [5.74, 6) is 1.81. The van der Waals surface area contributed by atoms with E-state index in [1.807, 2.05) is 19.1 Å². The van der Waals surface area contributed by atoms with Crippen molar-refractivity contribution in [2.75, 3.05) is 0 Å². The predicted octanol–water partition coefficient (Wildman–Crippen LogP) is 4.19. The van der Waals surface area contributed by atoms with Gasteiger partial charge in [0, 0.05) is 5.92 Å². The Balaban J connectivity index is 1.85. The fourth-order valence-corrected chi connectivity index (χ4v) is 2.87. The van der Waals surface area contributed by atoms with Crippen LogP contribution in [-0.2, 0) is 0 Å². The number of aryl methyl sites for hydroxylation is 1. The number of aromatic hydroxyl groups is 1. The lowest BCUT2D eigenvalue weighted by molar-refractivity contribution is 0.406.